The van der Waals surface area contributed by atoms with Gasteiger partial charge in [-0.05, 0) is 36.3 Å². The summed E-state index contributed by atoms with van der Waals surface area (Å²) in [6.45, 7) is 0. The monoisotopic (exact) mass is 228 g/mol. The largest absolute Gasteiger partial charge is 0.302 e. The van der Waals surface area contributed by atoms with Crippen molar-refractivity contribution in [2.24, 2.45) is 0 Å². The maximum atomic E-state index is 12.4. The summed E-state index contributed by atoms with van der Waals surface area (Å²) in [6, 6.07) is 7.71. The highest BCUT2D eigenvalue weighted by Crippen LogP contribution is 2.41. The quantitative estimate of drug-likeness (QED) is 0.742. The number of aryl methyl sites for hydroxylation is 1. The molecule has 0 aliphatic heterocycles. The number of halogens is 1. The van der Waals surface area contributed by atoms with Crippen LogP contribution >= 0.6 is 0 Å². The lowest BCUT2D eigenvalue weighted by Crippen LogP contribution is -2.04. The lowest BCUT2D eigenvalue weighted by atomic mass is 10.0. The molecular formula is C11H13FO2S. The van der Waals surface area contributed by atoms with Crippen LogP contribution in [0.5, 0.6) is 0 Å². The molecule has 1 aromatic rings. The van der Waals surface area contributed by atoms with E-state index in [9.17, 15) is 12.3 Å². The van der Waals surface area contributed by atoms with Gasteiger partial charge in [-0.1, -0.05) is 24.3 Å². The van der Waals surface area contributed by atoms with Crippen LogP contribution in [-0.4, -0.2) is 14.2 Å². The minimum Gasteiger partial charge on any atom is -0.195 e. The van der Waals surface area contributed by atoms with Crippen molar-refractivity contribution in [1.82, 2.24) is 0 Å². The molecule has 1 aromatic carbocycles. The van der Waals surface area contributed by atoms with Crippen LogP contribution in [0.3, 0.4) is 0 Å². The van der Waals surface area contributed by atoms with E-state index >= 15 is 0 Å². The molecule has 0 N–H and O–H groups in total. The molecule has 0 unspecified atom stereocenters. The third-order valence-corrected chi connectivity index (χ3v) is 3.38. The van der Waals surface area contributed by atoms with Crippen LogP contribution in [0, 0.1) is 0 Å². The summed E-state index contributed by atoms with van der Waals surface area (Å²) in [5.74, 6) is 0.167. The van der Waals surface area contributed by atoms with Crippen LogP contribution in [0.25, 0.3) is 0 Å². The van der Waals surface area contributed by atoms with E-state index in [1.165, 1.54) is 18.4 Å². The summed E-state index contributed by atoms with van der Waals surface area (Å²) in [4.78, 5) is 0. The molecule has 82 valence electrons. The van der Waals surface area contributed by atoms with Crippen LogP contribution in [0.2, 0.25) is 0 Å². The average Bonchev–Trinajstić information content (AvgIpc) is 2.97. The van der Waals surface area contributed by atoms with E-state index in [1.54, 1.807) is 0 Å². The zero-order valence-electron chi connectivity index (χ0n) is 8.32. The van der Waals surface area contributed by atoms with E-state index in [4.69, 9.17) is 0 Å². The normalized spacial score (nSPS) is 16.6. The fraction of sp³-hybridized carbons (Fsp3) is 0.455. The van der Waals surface area contributed by atoms with Gasteiger partial charge in [-0.15, -0.1) is 3.89 Å². The standard InChI is InChI=1S/C11H13FO2S/c12-15(13,14)8-7-9-3-1-2-4-11(9)10-5-6-10/h1-4,10H,5-8H2. The summed E-state index contributed by atoms with van der Waals surface area (Å²) < 4.78 is 33.3. The second-order valence-corrected chi connectivity index (χ2v) is 5.45. The zero-order valence-corrected chi connectivity index (χ0v) is 9.13. The van der Waals surface area contributed by atoms with E-state index in [-0.39, 0.29) is 6.42 Å². The van der Waals surface area contributed by atoms with Gasteiger partial charge in [0, 0.05) is 0 Å². The second kappa shape index (κ2) is 3.93. The van der Waals surface area contributed by atoms with Crippen molar-refractivity contribution < 1.29 is 12.3 Å². The Kier molecular flexibility index (Phi) is 2.78. The van der Waals surface area contributed by atoms with Crippen molar-refractivity contribution in [3.05, 3.63) is 35.4 Å². The van der Waals surface area contributed by atoms with Crippen molar-refractivity contribution >= 4 is 10.2 Å². The van der Waals surface area contributed by atoms with Gasteiger partial charge in [0.1, 0.15) is 0 Å². The van der Waals surface area contributed by atoms with Crippen molar-refractivity contribution in [2.45, 2.75) is 25.2 Å². The van der Waals surface area contributed by atoms with Crippen molar-refractivity contribution in [3.8, 4) is 0 Å². The van der Waals surface area contributed by atoms with Gasteiger partial charge in [0.2, 0.25) is 0 Å². The SMILES string of the molecule is O=S(=O)(F)CCc1ccccc1C1CC1. The van der Waals surface area contributed by atoms with E-state index in [0.29, 0.717) is 5.92 Å². The van der Waals surface area contributed by atoms with Crippen LogP contribution in [0.4, 0.5) is 3.89 Å². The molecule has 1 saturated carbocycles. The summed E-state index contributed by atoms with van der Waals surface area (Å²) in [5, 5.41) is 0. The van der Waals surface area contributed by atoms with Crippen molar-refractivity contribution in [2.75, 3.05) is 5.75 Å². The number of benzene rings is 1. The van der Waals surface area contributed by atoms with Gasteiger partial charge in [-0.3, -0.25) is 0 Å². The summed E-state index contributed by atoms with van der Waals surface area (Å²) in [5.41, 5.74) is 2.17. The van der Waals surface area contributed by atoms with Gasteiger partial charge in [0.05, 0.1) is 5.75 Å². The Morgan fingerprint density at radius 3 is 2.53 bits per heavy atom. The second-order valence-electron chi connectivity index (χ2n) is 3.97. The number of hydrogen-bond acceptors (Lipinski definition) is 2. The third-order valence-electron chi connectivity index (χ3n) is 2.69. The number of hydrogen-bond donors (Lipinski definition) is 0. The Bertz CT molecular complexity index is 449. The van der Waals surface area contributed by atoms with Crippen LogP contribution < -0.4 is 0 Å². The predicted molar refractivity (Wildman–Crippen MR) is 57.0 cm³/mol. The highest BCUT2D eigenvalue weighted by atomic mass is 32.3. The molecule has 0 bridgehead atoms. The van der Waals surface area contributed by atoms with E-state index in [2.05, 4.69) is 0 Å². The predicted octanol–water partition coefficient (Wildman–Crippen LogP) is 2.41. The fourth-order valence-corrected chi connectivity index (χ4v) is 2.25. The molecule has 0 radical (unpaired) electrons. The molecule has 0 saturated heterocycles. The average molecular weight is 228 g/mol. The molecule has 0 heterocycles. The van der Waals surface area contributed by atoms with Gasteiger partial charge < -0.3 is 0 Å². The maximum Gasteiger partial charge on any atom is 0.302 e. The molecule has 1 aliphatic carbocycles. The van der Waals surface area contributed by atoms with Crippen LogP contribution in [0.15, 0.2) is 24.3 Å². The van der Waals surface area contributed by atoms with E-state index in [0.717, 1.165) is 5.56 Å². The lowest BCUT2D eigenvalue weighted by Gasteiger charge is -2.06. The summed E-state index contributed by atoms with van der Waals surface area (Å²) in [6.07, 6.45) is 2.62. The van der Waals surface area contributed by atoms with Crippen LogP contribution in [0.1, 0.15) is 29.9 Å². The Hall–Kier alpha value is -0.900. The minimum absolute atomic E-state index is 0.283. The molecule has 4 heteroatoms. The van der Waals surface area contributed by atoms with Gasteiger partial charge in [0.25, 0.3) is 0 Å². The molecular weight excluding hydrogens is 215 g/mol. The van der Waals surface area contributed by atoms with Gasteiger partial charge >= 0.3 is 10.2 Å². The summed E-state index contributed by atoms with van der Waals surface area (Å²) >= 11 is 0. The molecule has 0 spiro atoms. The molecule has 0 aromatic heterocycles. The lowest BCUT2D eigenvalue weighted by molar-refractivity contribution is 0.551. The van der Waals surface area contributed by atoms with Gasteiger partial charge in [-0.25, -0.2) is 0 Å². The fourth-order valence-electron chi connectivity index (χ4n) is 1.79. The highest BCUT2D eigenvalue weighted by molar-refractivity contribution is 7.86. The van der Waals surface area contributed by atoms with Gasteiger partial charge in [0.15, 0.2) is 0 Å². The smallest absolute Gasteiger partial charge is 0.195 e. The first-order valence-corrected chi connectivity index (χ1v) is 6.62. The molecule has 1 aliphatic rings. The molecule has 15 heavy (non-hydrogen) atoms. The number of rotatable bonds is 4. The zero-order chi connectivity index (χ0) is 10.9. The first kappa shape index (κ1) is 10.6. The minimum atomic E-state index is -4.34. The molecule has 2 rings (SSSR count). The van der Waals surface area contributed by atoms with E-state index in [1.807, 2.05) is 24.3 Å². The van der Waals surface area contributed by atoms with Crippen molar-refractivity contribution in [3.63, 3.8) is 0 Å². The molecule has 1 fully saturated rings. The highest BCUT2D eigenvalue weighted by Gasteiger charge is 2.25. The Morgan fingerprint density at radius 1 is 1.27 bits per heavy atom. The van der Waals surface area contributed by atoms with Crippen LogP contribution in [-0.2, 0) is 16.6 Å². The summed E-state index contributed by atoms with van der Waals surface area (Å²) in [7, 11) is -4.34. The van der Waals surface area contributed by atoms with Gasteiger partial charge in [-0.2, -0.15) is 8.42 Å². The van der Waals surface area contributed by atoms with Crippen molar-refractivity contribution in [1.29, 1.82) is 0 Å². The first-order valence-electron chi connectivity index (χ1n) is 5.06. The molecule has 0 atom stereocenters. The maximum absolute atomic E-state index is 12.4. The molecule has 0 amide bonds. The molecule has 2 nitrogen and oxygen atoms in total. The first-order chi connectivity index (χ1) is 7.06. The third kappa shape index (κ3) is 3.02. The topological polar surface area (TPSA) is 34.1 Å². The van der Waals surface area contributed by atoms with E-state index < -0.39 is 16.0 Å². The Labute approximate surface area is 89.3 Å². The Balaban J connectivity index is 2.13. The Morgan fingerprint density at radius 2 is 1.93 bits per heavy atom.